The van der Waals surface area contributed by atoms with Crippen molar-refractivity contribution in [1.29, 1.82) is 0 Å². The van der Waals surface area contributed by atoms with Crippen molar-refractivity contribution in [2.24, 2.45) is 5.92 Å². The fourth-order valence-corrected chi connectivity index (χ4v) is 6.72. The molecule has 1 fully saturated rings. The molecular formula is C35H34F6N2O. The number of fused-ring (bicyclic) bond motifs is 2. The maximum atomic E-state index is 13.3. The number of alkyl halides is 6. The fourth-order valence-electron chi connectivity index (χ4n) is 6.72. The summed E-state index contributed by atoms with van der Waals surface area (Å²) in [7, 11) is 0. The molecule has 1 aliphatic carbocycles. The van der Waals surface area contributed by atoms with Crippen LogP contribution in [-0.2, 0) is 31.9 Å². The van der Waals surface area contributed by atoms with E-state index in [-0.39, 0.29) is 11.7 Å². The molecule has 0 atom stereocenters. The molecule has 0 radical (unpaired) electrons. The Balaban J connectivity index is 1.03. The van der Waals surface area contributed by atoms with Gasteiger partial charge in [0.05, 0.1) is 11.1 Å². The zero-order chi connectivity index (χ0) is 31.1. The molecule has 44 heavy (non-hydrogen) atoms. The maximum Gasteiger partial charge on any atom is 0.416 e. The first-order valence-corrected chi connectivity index (χ1v) is 15.1. The van der Waals surface area contributed by atoms with Gasteiger partial charge in [0.15, 0.2) is 5.78 Å². The molecular weight excluding hydrogens is 578 g/mol. The minimum absolute atomic E-state index is 0.125. The van der Waals surface area contributed by atoms with Crippen LogP contribution in [0.3, 0.4) is 0 Å². The number of likely N-dealkylation sites (tertiary alicyclic amines) is 1. The summed E-state index contributed by atoms with van der Waals surface area (Å²) in [4.78, 5) is 17.8. The van der Waals surface area contributed by atoms with Crippen LogP contribution in [0, 0.1) is 5.92 Å². The second-order valence-electron chi connectivity index (χ2n) is 12.3. The predicted molar refractivity (Wildman–Crippen MR) is 157 cm³/mol. The van der Waals surface area contributed by atoms with Crippen LogP contribution in [0.5, 0.6) is 0 Å². The Labute approximate surface area is 253 Å². The number of rotatable bonds is 7. The lowest BCUT2D eigenvalue weighted by atomic mass is 9.88. The number of piperidine rings is 1. The molecule has 2 aliphatic heterocycles. The topological polar surface area (TPSA) is 23.6 Å². The minimum atomic E-state index is -4.35. The highest BCUT2D eigenvalue weighted by Crippen LogP contribution is 2.39. The van der Waals surface area contributed by atoms with E-state index >= 15 is 0 Å². The molecule has 0 spiro atoms. The average Bonchev–Trinajstić information content (AvgIpc) is 3.35. The molecule has 0 N–H and O–H groups in total. The van der Waals surface area contributed by atoms with Crippen molar-refractivity contribution in [3.63, 3.8) is 0 Å². The number of carbonyl (C=O) groups is 1. The van der Waals surface area contributed by atoms with Gasteiger partial charge in [0.1, 0.15) is 0 Å². The van der Waals surface area contributed by atoms with E-state index in [1.54, 1.807) is 12.1 Å². The van der Waals surface area contributed by atoms with Crippen LogP contribution in [0.4, 0.5) is 26.3 Å². The number of halogens is 6. The summed E-state index contributed by atoms with van der Waals surface area (Å²) in [5.74, 6) is 0.392. The number of Topliss-reactive ketones (excluding diaryl/α,β-unsaturated/α-hetero) is 1. The monoisotopic (exact) mass is 612 g/mol. The summed E-state index contributed by atoms with van der Waals surface area (Å²) < 4.78 is 77.4. The summed E-state index contributed by atoms with van der Waals surface area (Å²) >= 11 is 0. The van der Waals surface area contributed by atoms with Gasteiger partial charge in [-0.3, -0.25) is 14.6 Å². The molecule has 2 heterocycles. The molecule has 0 bridgehead atoms. The van der Waals surface area contributed by atoms with Crippen LogP contribution in [-0.4, -0.2) is 41.8 Å². The van der Waals surface area contributed by atoms with Crippen molar-refractivity contribution in [2.75, 3.05) is 26.2 Å². The van der Waals surface area contributed by atoms with Gasteiger partial charge in [0.25, 0.3) is 0 Å². The van der Waals surface area contributed by atoms with Gasteiger partial charge in [0.2, 0.25) is 0 Å². The Hall–Kier alpha value is -3.43. The average molecular weight is 613 g/mol. The number of benzene rings is 3. The molecule has 0 saturated carbocycles. The third-order valence-electron chi connectivity index (χ3n) is 9.26. The molecule has 1 saturated heterocycles. The van der Waals surface area contributed by atoms with Crippen molar-refractivity contribution in [2.45, 2.75) is 57.5 Å². The lowest BCUT2D eigenvalue weighted by Gasteiger charge is -2.31. The lowest BCUT2D eigenvalue weighted by Crippen LogP contribution is -2.34. The minimum Gasteiger partial charge on any atom is -0.299 e. The SMILES string of the molecule is O=C(CC1CCN(Cc2ccc(C(F)(F)F)cc2)CC1)c1ccc2c(c1)C1=C(CCN(Cc3ccc(C(F)(F)F)cc3)C1)C2. The van der Waals surface area contributed by atoms with Gasteiger partial charge in [-0.1, -0.05) is 42.0 Å². The molecule has 3 nitrogen and oxygen atoms in total. The fraction of sp³-hybridized carbons (Fsp3) is 0.400. The van der Waals surface area contributed by atoms with Gasteiger partial charge >= 0.3 is 12.4 Å². The highest BCUT2D eigenvalue weighted by molar-refractivity contribution is 5.97. The molecule has 3 aromatic rings. The van der Waals surface area contributed by atoms with Gasteiger partial charge in [-0.2, -0.15) is 26.3 Å². The molecule has 3 aliphatic rings. The summed E-state index contributed by atoms with van der Waals surface area (Å²) in [6.07, 6.45) is -4.70. The second-order valence-corrected chi connectivity index (χ2v) is 12.3. The third kappa shape index (κ3) is 6.94. The molecule has 0 unspecified atom stereocenters. The Bertz CT molecular complexity index is 1530. The van der Waals surface area contributed by atoms with E-state index in [4.69, 9.17) is 0 Å². The summed E-state index contributed by atoms with van der Waals surface area (Å²) in [6.45, 7) is 4.31. The van der Waals surface area contributed by atoms with Gasteiger partial charge in [0, 0.05) is 38.2 Å². The highest BCUT2D eigenvalue weighted by atomic mass is 19.4. The van der Waals surface area contributed by atoms with Crippen LogP contribution in [0.1, 0.15) is 69.4 Å². The van der Waals surface area contributed by atoms with E-state index in [1.165, 1.54) is 28.8 Å². The lowest BCUT2D eigenvalue weighted by molar-refractivity contribution is -0.138. The normalized spacial score (nSPS) is 18.4. The van der Waals surface area contributed by atoms with E-state index in [0.717, 1.165) is 86.3 Å². The van der Waals surface area contributed by atoms with Gasteiger partial charge in [-0.25, -0.2) is 0 Å². The quantitative estimate of drug-likeness (QED) is 0.198. The highest BCUT2D eigenvalue weighted by Gasteiger charge is 2.32. The van der Waals surface area contributed by atoms with E-state index in [2.05, 4.69) is 15.9 Å². The van der Waals surface area contributed by atoms with Crippen LogP contribution < -0.4 is 0 Å². The van der Waals surface area contributed by atoms with Gasteiger partial charge in [-0.15, -0.1) is 0 Å². The first-order chi connectivity index (χ1) is 20.9. The van der Waals surface area contributed by atoms with Crippen molar-refractivity contribution in [1.82, 2.24) is 9.80 Å². The molecule has 3 aromatic carbocycles. The first-order valence-electron chi connectivity index (χ1n) is 15.1. The van der Waals surface area contributed by atoms with Gasteiger partial charge < -0.3 is 0 Å². The summed E-state index contributed by atoms with van der Waals surface area (Å²) in [6, 6.07) is 16.7. The Morgan fingerprint density at radius 2 is 1.30 bits per heavy atom. The smallest absolute Gasteiger partial charge is 0.299 e. The number of nitrogens with zero attached hydrogens (tertiary/aromatic N) is 2. The van der Waals surface area contributed by atoms with Crippen molar-refractivity contribution in [3.8, 4) is 0 Å². The summed E-state index contributed by atoms with van der Waals surface area (Å²) in [5.41, 5.74) is 6.08. The number of carbonyl (C=O) groups excluding carboxylic acids is 1. The Morgan fingerprint density at radius 3 is 1.86 bits per heavy atom. The molecule has 0 aromatic heterocycles. The standard InChI is InChI=1S/C35H34F6N2O/c36-34(37,38)29-7-1-24(2-8-29)20-42-14-11-23(12-15-42)17-33(44)28-6-5-26-18-27-13-16-43(22-32(27)31(26)19-28)21-25-3-9-30(10-4-25)35(39,40)41/h1-10,19,23H,11-18,20-22H2. The maximum absolute atomic E-state index is 13.3. The largest absolute Gasteiger partial charge is 0.416 e. The third-order valence-corrected chi connectivity index (χ3v) is 9.26. The first kappa shape index (κ1) is 30.6. The molecule has 9 heteroatoms. The number of hydrogen-bond acceptors (Lipinski definition) is 3. The zero-order valence-corrected chi connectivity index (χ0v) is 24.3. The summed E-state index contributed by atoms with van der Waals surface area (Å²) in [5, 5.41) is 0. The van der Waals surface area contributed by atoms with Gasteiger partial charge in [-0.05, 0) is 103 Å². The zero-order valence-electron chi connectivity index (χ0n) is 24.3. The van der Waals surface area contributed by atoms with Crippen LogP contribution in [0.25, 0.3) is 5.57 Å². The van der Waals surface area contributed by atoms with Crippen LogP contribution in [0.15, 0.2) is 72.3 Å². The van der Waals surface area contributed by atoms with Crippen molar-refractivity contribution < 1.29 is 31.1 Å². The van der Waals surface area contributed by atoms with E-state index in [0.29, 0.717) is 31.6 Å². The van der Waals surface area contributed by atoms with E-state index in [9.17, 15) is 31.1 Å². The van der Waals surface area contributed by atoms with Crippen LogP contribution in [0.2, 0.25) is 0 Å². The van der Waals surface area contributed by atoms with E-state index in [1.807, 2.05) is 12.1 Å². The van der Waals surface area contributed by atoms with E-state index < -0.39 is 23.5 Å². The molecule has 6 rings (SSSR count). The molecule has 0 amide bonds. The van der Waals surface area contributed by atoms with Crippen LogP contribution >= 0.6 is 0 Å². The van der Waals surface area contributed by atoms with Crippen molar-refractivity contribution >= 4 is 11.4 Å². The number of ketones is 1. The second kappa shape index (κ2) is 12.2. The van der Waals surface area contributed by atoms with Crippen molar-refractivity contribution in [3.05, 3.63) is 111 Å². The number of hydrogen-bond donors (Lipinski definition) is 0. The predicted octanol–water partition coefficient (Wildman–Crippen LogP) is 8.42. The molecule has 232 valence electrons. The Morgan fingerprint density at radius 1 is 0.727 bits per heavy atom. The Kier molecular flexibility index (Phi) is 8.46.